The van der Waals surface area contributed by atoms with Crippen LogP contribution in [0.25, 0.3) is 16.7 Å². The molecule has 0 bridgehead atoms. The molecule has 1 saturated carbocycles. The molecule has 1 unspecified atom stereocenters. The quantitative estimate of drug-likeness (QED) is 0.379. The molecule has 2 N–H and O–H groups in total. The van der Waals surface area contributed by atoms with Gasteiger partial charge in [-0.05, 0) is 55.7 Å². The van der Waals surface area contributed by atoms with E-state index in [4.69, 9.17) is 10.7 Å². The van der Waals surface area contributed by atoms with Gasteiger partial charge >= 0.3 is 0 Å². The number of rotatable bonds is 7. The summed E-state index contributed by atoms with van der Waals surface area (Å²) in [6.07, 6.45) is 10.5. The summed E-state index contributed by atoms with van der Waals surface area (Å²) >= 11 is 0. The number of amides is 2. The van der Waals surface area contributed by atoms with Gasteiger partial charge in [-0.15, -0.1) is 10.2 Å². The number of fused-ring (bicyclic) bond motifs is 2. The van der Waals surface area contributed by atoms with Crippen LogP contribution in [0, 0.1) is 23.6 Å². The van der Waals surface area contributed by atoms with Gasteiger partial charge in [-0.3, -0.25) is 9.59 Å². The third-order valence-corrected chi connectivity index (χ3v) is 8.69. The summed E-state index contributed by atoms with van der Waals surface area (Å²) in [4.78, 5) is 36.5. The topological polar surface area (TPSA) is 125 Å². The van der Waals surface area contributed by atoms with Crippen LogP contribution in [0.2, 0.25) is 0 Å². The van der Waals surface area contributed by atoms with Gasteiger partial charge in [0.25, 0.3) is 5.91 Å². The zero-order valence-corrected chi connectivity index (χ0v) is 22.5. The molecule has 0 spiro atoms. The summed E-state index contributed by atoms with van der Waals surface area (Å²) in [5, 5.41) is 8.30. The molecule has 4 heterocycles. The van der Waals surface area contributed by atoms with E-state index in [9.17, 15) is 14.0 Å². The van der Waals surface area contributed by atoms with Crippen molar-refractivity contribution in [2.75, 3.05) is 6.54 Å². The Labute approximate surface area is 231 Å². The number of aromatic nitrogens is 6. The lowest BCUT2D eigenvalue weighted by Crippen LogP contribution is -2.42. The van der Waals surface area contributed by atoms with Gasteiger partial charge in [0.2, 0.25) is 5.91 Å². The summed E-state index contributed by atoms with van der Waals surface area (Å²) in [5.41, 5.74) is 6.19. The Morgan fingerprint density at radius 1 is 1.15 bits per heavy atom. The van der Waals surface area contributed by atoms with E-state index >= 15 is 0 Å². The van der Waals surface area contributed by atoms with Crippen molar-refractivity contribution in [1.29, 1.82) is 0 Å². The average molecular weight is 545 g/mol. The highest BCUT2D eigenvalue weighted by atomic mass is 19.1. The Hall–Kier alpha value is -4.15. The predicted octanol–water partition coefficient (Wildman–Crippen LogP) is 3.67. The first-order chi connectivity index (χ1) is 19.4. The predicted molar refractivity (Wildman–Crippen MR) is 146 cm³/mol. The van der Waals surface area contributed by atoms with Gasteiger partial charge in [0.1, 0.15) is 23.8 Å². The van der Waals surface area contributed by atoms with Gasteiger partial charge < -0.3 is 19.8 Å². The van der Waals surface area contributed by atoms with E-state index in [1.807, 2.05) is 9.47 Å². The summed E-state index contributed by atoms with van der Waals surface area (Å²) in [5.74, 6) is 2.12. The lowest BCUT2D eigenvalue weighted by atomic mass is 9.73. The van der Waals surface area contributed by atoms with Crippen LogP contribution in [0.5, 0.6) is 0 Å². The van der Waals surface area contributed by atoms with Gasteiger partial charge in [0, 0.05) is 43.2 Å². The first-order valence-corrected chi connectivity index (χ1v) is 14.0. The smallest absolute Gasteiger partial charge is 0.250 e. The number of nitrogens with zero attached hydrogens (tertiary/aromatic N) is 7. The highest BCUT2D eigenvalue weighted by Gasteiger charge is 2.34. The summed E-state index contributed by atoms with van der Waals surface area (Å²) in [7, 11) is 0. The Balaban J connectivity index is 1.13. The Kier molecular flexibility index (Phi) is 7.03. The molecule has 1 aromatic carbocycles. The number of nitrogens with two attached hydrogens (primary N) is 1. The van der Waals surface area contributed by atoms with Crippen LogP contribution in [-0.4, -0.2) is 52.6 Å². The Morgan fingerprint density at radius 3 is 2.75 bits per heavy atom. The fraction of sp³-hybridized carbons (Fsp3) is 0.448. The average Bonchev–Trinajstić information content (AvgIpc) is 3.61. The molecule has 1 fully saturated rings. The van der Waals surface area contributed by atoms with E-state index in [1.165, 1.54) is 6.07 Å². The lowest BCUT2D eigenvalue weighted by molar-refractivity contribution is -0.138. The second kappa shape index (κ2) is 10.8. The van der Waals surface area contributed by atoms with E-state index < -0.39 is 11.7 Å². The van der Waals surface area contributed by atoms with E-state index in [1.54, 1.807) is 41.5 Å². The Bertz CT molecular complexity index is 1550. The number of halogens is 1. The van der Waals surface area contributed by atoms with Crippen molar-refractivity contribution in [1.82, 2.24) is 34.2 Å². The molecule has 2 amide bonds. The molecule has 4 aromatic rings. The van der Waals surface area contributed by atoms with Crippen molar-refractivity contribution in [3.63, 3.8) is 0 Å². The molecule has 11 heteroatoms. The van der Waals surface area contributed by atoms with Gasteiger partial charge in [-0.1, -0.05) is 19.4 Å². The summed E-state index contributed by atoms with van der Waals surface area (Å²) < 4.78 is 18.3. The maximum Gasteiger partial charge on any atom is 0.250 e. The zero-order chi connectivity index (χ0) is 27.8. The van der Waals surface area contributed by atoms with Crippen molar-refractivity contribution in [3.05, 3.63) is 66.0 Å². The standard InChI is InChI=1S/C29H33FN8O2/c1-2-18(19-6-8-20(9-7-19)29(40)36-12-13-37-17-33-35-26(37)16-36)14-24-32-11-10-25(34-24)38-15-21(28(31)39)27-22(30)4-3-5-23(27)38/h3-5,10-11,15,17-20H,2,6-9,12-14,16H2,1H3,(H2,31,39). The highest BCUT2D eigenvalue weighted by molar-refractivity contribution is 6.06. The van der Waals surface area contributed by atoms with Gasteiger partial charge in [0.15, 0.2) is 5.82 Å². The molecule has 1 aliphatic carbocycles. The van der Waals surface area contributed by atoms with Crippen molar-refractivity contribution in [2.24, 2.45) is 23.5 Å². The van der Waals surface area contributed by atoms with Crippen molar-refractivity contribution in [3.8, 4) is 5.82 Å². The fourth-order valence-corrected chi connectivity index (χ4v) is 6.47. The molecular formula is C29H33FN8O2. The van der Waals surface area contributed by atoms with E-state index in [0.717, 1.165) is 44.5 Å². The zero-order valence-electron chi connectivity index (χ0n) is 22.5. The summed E-state index contributed by atoms with van der Waals surface area (Å²) in [6, 6.07) is 6.42. The van der Waals surface area contributed by atoms with Crippen LogP contribution in [0.15, 0.2) is 43.0 Å². The molecule has 2 aliphatic rings. The molecule has 0 radical (unpaired) electrons. The van der Waals surface area contributed by atoms with Crippen LogP contribution in [0.3, 0.4) is 0 Å². The number of hydrogen-bond donors (Lipinski definition) is 1. The molecule has 208 valence electrons. The molecule has 40 heavy (non-hydrogen) atoms. The maximum atomic E-state index is 14.6. The van der Waals surface area contributed by atoms with Gasteiger partial charge in [0.05, 0.1) is 17.6 Å². The molecule has 1 atom stereocenters. The third kappa shape index (κ3) is 4.84. The number of carbonyl (C=O) groups excluding carboxylic acids is 2. The van der Waals surface area contributed by atoms with E-state index in [-0.39, 0.29) is 22.8 Å². The second-order valence-electron chi connectivity index (χ2n) is 10.9. The fourth-order valence-electron chi connectivity index (χ4n) is 6.47. The molecule has 1 aliphatic heterocycles. The normalized spacial score (nSPS) is 19.9. The minimum atomic E-state index is -0.688. The van der Waals surface area contributed by atoms with Gasteiger partial charge in [-0.2, -0.15) is 0 Å². The molecule has 0 saturated heterocycles. The van der Waals surface area contributed by atoms with Crippen LogP contribution < -0.4 is 5.73 Å². The monoisotopic (exact) mass is 544 g/mol. The van der Waals surface area contributed by atoms with Crippen molar-refractivity contribution in [2.45, 2.75) is 58.5 Å². The van der Waals surface area contributed by atoms with E-state index in [0.29, 0.717) is 48.5 Å². The highest BCUT2D eigenvalue weighted by Crippen LogP contribution is 2.37. The summed E-state index contributed by atoms with van der Waals surface area (Å²) in [6.45, 7) is 4.18. The second-order valence-corrected chi connectivity index (χ2v) is 10.9. The van der Waals surface area contributed by atoms with Crippen molar-refractivity contribution < 1.29 is 14.0 Å². The SMILES string of the molecule is CCC(Cc1nccc(-n2cc(C(N)=O)c3c(F)cccc32)n1)C1CCC(C(=O)N2CCn3cnnc3C2)CC1. The molecule has 10 nitrogen and oxygen atoms in total. The minimum absolute atomic E-state index is 0.0599. The van der Waals surface area contributed by atoms with E-state index in [2.05, 4.69) is 22.1 Å². The third-order valence-electron chi connectivity index (χ3n) is 8.69. The number of primary amides is 1. The lowest BCUT2D eigenvalue weighted by Gasteiger charge is -2.36. The maximum absolute atomic E-state index is 14.6. The van der Waals surface area contributed by atoms with Crippen LogP contribution in [0.4, 0.5) is 4.39 Å². The first kappa shape index (κ1) is 26.1. The molecule has 6 rings (SSSR count). The van der Waals surface area contributed by atoms with Crippen molar-refractivity contribution >= 4 is 22.7 Å². The first-order valence-electron chi connectivity index (χ1n) is 14.0. The largest absolute Gasteiger partial charge is 0.366 e. The minimum Gasteiger partial charge on any atom is -0.366 e. The number of hydrogen-bond acceptors (Lipinski definition) is 6. The molecular weight excluding hydrogens is 511 g/mol. The van der Waals surface area contributed by atoms with Crippen LogP contribution in [0.1, 0.15) is 61.0 Å². The van der Waals surface area contributed by atoms with Crippen LogP contribution in [-0.2, 0) is 24.3 Å². The number of carbonyl (C=O) groups is 2. The van der Waals surface area contributed by atoms with Crippen LogP contribution >= 0.6 is 0 Å². The number of benzene rings is 1. The van der Waals surface area contributed by atoms with Gasteiger partial charge in [-0.25, -0.2) is 14.4 Å². The molecule has 3 aromatic heterocycles. The Morgan fingerprint density at radius 2 is 1.98 bits per heavy atom.